The second-order valence-electron chi connectivity index (χ2n) is 8.65. The largest absolute Gasteiger partial charge is 0.497 e. The summed E-state index contributed by atoms with van der Waals surface area (Å²) in [5.41, 5.74) is 2.63. The number of nitrogens with zero attached hydrogens (tertiary/aromatic N) is 3. The van der Waals surface area contributed by atoms with Gasteiger partial charge in [0.15, 0.2) is 0 Å². The molecule has 0 aliphatic carbocycles. The number of ether oxygens (including phenoxy) is 1. The smallest absolute Gasteiger partial charge is 0.254 e. The van der Waals surface area contributed by atoms with Crippen LogP contribution in [0.3, 0.4) is 0 Å². The number of hydrogen-bond acceptors (Lipinski definition) is 3. The lowest BCUT2D eigenvalue weighted by atomic mass is 10.1. The lowest BCUT2D eigenvalue weighted by molar-refractivity contribution is -0.133. The van der Waals surface area contributed by atoms with Gasteiger partial charge in [0, 0.05) is 37.6 Å². The SMILES string of the molecule is COc1ccc(C(=O)N(CC(=O)N(Cc2ccccc2)Cc2cccn2C)CC(C)C)cc1. The van der Waals surface area contributed by atoms with E-state index in [4.69, 9.17) is 4.74 Å². The van der Waals surface area contributed by atoms with Crippen LogP contribution in [0.15, 0.2) is 72.9 Å². The summed E-state index contributed by atoms with van der Waals surface area (Å²) in [6.07, 6.45) is 1.97. The minimum absolute atomic E-state index is 0.0281. The second-order valence-corrected chi connectivity index (χ2v) is 8.65. The number of aromatic nitrogens is 1. The molecule has 33 heavy (non-hydrogen) atoms. The Balaban J connectivity index is 1.81. The fraction of sp³-hybridized carbons (Fsp3) is 0.333. The molecule has 0 saturated carbocycles. The molecule has 0 fully saturated rings. The molecule has 0 spiro atoms. The van der Waals surface area contributed by atoms with Gasteiger partial charge in [-0.3, -0.25) is 9.59 Å². The van der Waals surface area contributed by atoms with Crippen LogP contribution in [-0.2, 0) is 24.9 Å². The van der Waals surface area contributed by atoms with Crippen molar-refractivity contribution in [1.82, 2.24) is 14.4 Å². The van der Waals surface area contributed by atoms with Gasteiger partial charge < -0.3 is 19.1 Å². The van der Waals surface area contributed by atoms with Crippen molar-refractivity contribution in [3.8, 4) is 5.75 Å². The first-order valence-corrected chi connectivity index (χ1v) is 11.2. The maximum Gasteiger partial charge on any atom is 0.254 e. The van der Waals surface area contributed by atoms with Crippen LogP contribution >= 0.6 is 0 Å². The Hall–Kier alpha value is -3.54. The number of benzene rings is 2. The third-order valence-corrected chi connectivity index (χ3v) is 5.51. The van der Waals surface area contributed by atoms with Crippen molar-refractivity contribution in [2.24, 2.45) is 13.0 Å². The summed E-state index contributed by atoms with van der Waals surface area (Å²) in [5, 5.41) is 0. The molecule has 1 aromatic heterocycles. The second kappa shape index (κ2) is 11.4. The lowest BCUT2D eigenvalue weighted by Crippen LogP contribution is -2.44. The molecule has 3 rings (SSSR count). The Morgan fingerprint density at radius 2 is 1.61 bits per heavy atom. The monoisotopic (exact) mass is 447 g/mol. The first kappa shape index (κ1) is 24.1. The van der Waals surface area contributed by atoms with Crippen molar-refractivity contribution in [3.63, 3.8) is 0 Å². The van der Waals surface area contributed by atoms with E-state index in [-0.39, 0.29) is 24.3 Å². The molecule has 0 radical (unpaired) electrons. The van der Waals surface area contributed by atoms with E-state index in [1.54, 1.807) is 36.3 Å². The minimum atomic E-state index is -0.154. The summed E-state index contributed by atoms with van der Waals surface area (Å²) >= 11 is 0. The average Bonchev–Trinajstić information content (AvgIpc) is 3.22. The zero-order chi connectivity index (χ0) is 23.8. The van der Waals surface area contributed by atoms with Gasteiger partial charge in [0.1, 0.15) is 12.3 Å². The first-order valence-electron chi connectivity index (χ1n) is 11.2. The highest BCUT2D eigenvalue weighted by atomic mass is 16.5. The number of aryl methyl sites for hydroxylation is 1. The summed E-state index contributed by atoms with van der Waals surface area (Å²) in [7, 11) is 3.56. The van der Waals surface area contributed by atoms with Gasteiger partial charge in [-0.05, 0) is 47.9 Å². The predicted molar refractivity (Wildman–Crippen MR) is 130 cm³/mol. The van der Waals surface area contributed by atoms with Crippen molar-refractivity contribution in [3.05, 3.63) is 89.7 Å². The zero-order valence-corrected chi connectivity index (χ0v) is 19.9. The molecule has 2 aromatic carbocycles. The summed E-state index contributed by atoms with van der Waals surface area (Å²) in [4.78, 5) is 30.3. The van der Waals surface area contributed by atoms with Crippen LogP contribution in [0.4, 0.5) is 0 Å². The highest BCUT2D eigenvalue weighted by Gasteiger charge is 2.24. The Morgan fingerprint density at radius 3 is 2.18 bits per heavy atom. The fourth-order valence-electron chi connectivity index (χ4n) is 3.73. The van der Waals surface area contributed by atoms with Crippen molar-refractivity contribution in [1.29, 1.82) is 0 Å². The molecule has 0 atom stereocenters. The van der Waals surface area contributed by atoms with Gasteiger partial charge in [0.25, 0.3) is 5.91 Å². The highest BCUT2D eigenvalue weighted by Crippen LogP contribution is 2.16. The molecule has 0 unspecified atom stereocenters. The molecule has 3 aromatic rings. The molecule has 6 nitrogen and oxygen atoms in total. The normalized spacial score (nSPS) is 10.8. The van der Waals surface area contributed by atoms with Crippen LogP contribution in [-0.4, -0.2) is 46.4 Å². The molecule has 2 amide bonds. The zero-order valence-electron chi connectivity index (χ0n) is 19.9. The van der Waals surface area contributed by atoms with Crippen molar-refractivity contribution < 1.29 is 14.3 Å². The molecule has 1 heterocycles. The van der Waals surface area contributed by atoms with Crippen molar-refractivity contribution in [2.45, 2.75) is 26.9 Å². The Kier molecular flexibility index (Phi) is 8.30. The molecular formula is C27H33N3O3. The third-order valence-electron chi connectivity index (χ3n) is 5.51. The van der Waals surface area contributed by atoms with Gasteiger partial charge in [-0.1, -0.05) is 44.2 Å². The van der Waals surface area contributed by atoms with E-state index in [0.717, 1.165) is 11.3 Å². The Labute approximate surface area is 196 Å². The highest BCUT2D eigenvalue weighted by molar-refractivity contribution is 5.96. The number of carbonyl (C=O) groups excluding carboxylic acids is 2. The average molecular weight is 448 g/mol. The van der Waals surface area contributed by atoms with Gasteiger partial charge in [0.05, 0.1) is 13.7 Å². The maximum absolute atomic E-state index is 13.5. The first-order chi connectivity index (χ1) is 15.9. The van der Waals surface area contributed by atoms with Crippen LogP contribution < -0.4 is 4.74 Å². The third kappa shape index (κ3) is 6.72. The molecule has 6 heteroatoms. The quantitative estimate of drug-likeness (QED) is 0.464. The fourth-order valence-corrected chi connectivity index (χ4v) is 3.73. The number of methoxy groups -OCH3 is 1. The molecule has 0 saturated heterocycles. The summed E-state index contributed by atoms with van der Waals surface area (Å²) in [6.45, 7) is 5.58. The summed E-state index contributed by atoms with van der Waals surface area (Å²) in [6, 6.07) is 20.9. The van der Waals surface area contributed by atoms with Crippen LogP contribution in [0.1, 0.15) is 35.5 Å². The van der Waals surface area contributed by atoms with Gasteiger partial charge in [0.2, 0.25) is 5.91 Å². The van der Waals surface area contributed by atoms with Crippen LogP contribution in [0, 0.1) is 5.92 Å². The van der Waals surface area contributed by atoms with Crippen LogP contribution in [0.25, 0.3) is 0 Å². The topological polar surface area (TPSA) is 54.8 Å². The van der Waals surface area contributed by atoms with Crippen LogP contribution in [0.5, 0.6) is 5.75 Å². The van der Waals surface area contributed by atoms with Crippen molar-refractivity contribution >= 4 is 11.8 Å². The predicted octanol–water partition coefficient (Wildman–Crippen LogP) is 4.36. The number of rotatable bonds is 10. The maximum atomic E-state index is 13.5. The van der Waals surface area contributed by atoms with Gasteiger partial charge in [-0.15, -0.1) is 0 Å². The molecule has 0 aliphatic rings. The van der Waals surface area contributed by atoms with Gasteiger partial charge in [-0.2, -0.15) is 0 Å². The van der Waals surface area contributed by atoms with E-state index in [1.165, 1.54) is 0 Å². The summed E-state index contributed by atoms with van der Waals surface area (Å²) in [5.74, 6) is 0.686. The number of carbonyl (C=O) groups is 2. The Morgan fingerprint density at radius 1 is 0.909 bits per heavy atom. The van der Waals surface area contributed by atoms with E-state index < -0.39 is 0 Å². The standard InChI is InChI=1S/C27H33N3O3/c1-21(2)17-30(27(32)23-12-14-25(33-4)15-13-23)20-26(31)29(18-22-9-6-5-7-10-22)19-24-11-8-16-28(24)3/h5-16,21H,17-20H2,1-4H3. The van der Waals surface area contributed by atoms with Gasteiger partial charge >= 0.3 is 0 Å². The number of hydrogen-bond donors (Lipinski definition) is 0. The van der Waals surface area contributed by atoms with Crippen molar-refractivity contribution in [2.75, 3.05) is 20.2 Å². The molecular weight excluding hydrogens is 414 g/mol. The van der Waals surface area contributed by atoms with E-state index in [2.05, 4.69) is 0 Å². The molecule has 0 bridgehead atoms. The molecule has 174 valence electrons. The van der Waals surface area contributed by atoms with E-state index in [0.29, 0.717) is 30.9 Å². The van der Waals surface area contributed by atoms with E-state index >= 15 is 0 Å². The molecule has 0 N–H and O–H groups in total. The summed E-state index contributed by atoms with van der Waals surface area (Å²) < 4.78 is 7.21. The Bertz CT molecular complexity index is 1040. The minimum Gasteiger partial charge on any atom is -0.497 e. The molecule has 0 aliphatic heterocycles. The lowest BCUT2D eigenvalue weighted by Gasteiger charge is -2.29. The van der Waals surface area contributed by atoms with E-state index in [1.807, 2.05) is 79.0 Å². The number of amides is 2. The van der Waals surface area contributed by atoms with Crippen LogP contribution in [0.2, 0.25) is 0 Å². The van der Waals surface area contributed by atoms with E-state index in [9.17, 15) is 9.59 Å². The van der Waals surface area contributed by atoms with Gasteiger partial charge in [-0.25, -0.2) is 0 Å².